The van der Waals surface area contributed by atoms with Gasteiger partial charge in [0.1, 0.15) is 11.5 Å². The largest absolute Gasteiger partial charge is 0.457 e. The molecule has 0 bridgehead atoms. The van der Waals surface area contributed by atoms with Gasteiger partial charge in [-0.2, -0.15) is 0 Å². The van der Waals surface area contributed by atoms with Crippen molar-refractivity contribution in [2.75, 3.05) is 6.54 Å². The highest BCUT2D eigenvalue weighted by Gasteiger charge is 2.22. The van der Waals surface area contributed by atoms with Gasteiger partial charge in [0.15, 0.2) is 0 Å². The van der Waals surface area contributed by atoms with Crippen LogP contribution >= 0.6 is 0 Å². The Morgan fingerprint density at radius 2 is 1.81 bits per heavy atom. The van der Waals surface area contributed by atoms with Crippen LogP contribution in [0.5, 0.6) is 11.5 Å². The van der Waals surface area contributed by atoms with Crippen LogP contribution < -0.4 is 15.4 Å². The fourth-order valence-corrected chi connectivity index (χ4v) is 3.31. The fourth-order valence-electron chi connectivity index (χ4n) is 3.31. The second-order valence-electron chi connectivity index (χ2n) is 7.00. The van der Waals surface area contributed by atoms with Crippen molar-refractivity contribution in [1.82, 2.24) is 10.6 Å². The molecule has 0 radical (unpaired) electrons. The van der Waals surface area contributed by atoms with Gasteiger partial charge >= 0.3 is 0 Å². The third-order valence-corrected chi connectivity index (χ3v) is 4.82. The molecular formula is C22H26N2O3. The Labute approximate surface area is 160 Å². The Hall–Kier alpha value is -2.82. The summed E-state index contributed by atoms with van der Waals surface area (Å²) in [6, 6.07) is 15.4. The average Bonchev–Trinajstić information content (AvgIpc) is 3.20. The number of nitrogens with one attached hydrogen (secondary N) is 2. The summed E-state index contributed by atoms with van der Waals surface area (Å²) >= 11 is 0. The molecule has 3 rings (SSSR count). The molecule has 0 atom stereocenters. The lowest BCUT2D eigenvalue weighted by Gasteiger charge is -2.13. The van der Waals surface area contributed by atoms with Crippen molar-refractivity contribution in [3.8, 4) is 11.5 Å². The van der Waals surface area contributed by atoms with Gasteiger partial charge in [-0.3, -0.25) is 9.59 Å². The molecule has 1 aliphatic rings. The predicted molar refractivity (Wildman–Crippen MR) is 105 cm³/mol. The van der Waals surface area contributed by atoms with Crippen LogP contribution in [0.15, 0.2) is 48.5 Å². The first-order valence-electron chi connectivity index (χ1n) is 9.48. The minimum atomic E-state index is -0.202. The number of para-hydroxylation sites is 1. The number of carbonyl (C=O) groups excluding carboxylic acids is 2. The molecule has 0 saturated heterocycles. The molecule has 0 spiro atoms. The monoisotopic (exact) mass is 366 g/mol. The Bertz CT molecular complexity index is 798. The van der Waals surface area contributed by atoms with Gasteiger partial charge in [-0.05, 0) is 43.5 Å². The molecule has 142 valence electrons. The quantitative estimate of drug-likeness (QED) is 0.785. The number of hydrogen-bond donors (Lipinski definition) is 2. The molecule has 5 heteroatoms. The summed E-state index contributed by atoms with van der Waals surface area (Å²) in [6.45, 7) is 2.37. The third-order valence-electron chi connectivity index (χ3n) is 4.82. The van der Waals surface area contributed by atoms with Gasteiger partial charge < -0.3 is 15.4 Å². The Kier molecular flexibility index (Phi) is 6.47. The maximum atomic E-state index is 12.1. The highest BCUT2D eigenvalue weighted by molar-refractivity contribution is 5.85. The van der Waals surface area contributed by atoms with Crippen LogP contribution in [0.3, 0.4) is 0 Å². The van der Waals surface area contributed by atoms with Crippen molar-refractivity contribution in [3.63, 3.8) is 0 Å². The molecule has 2 N–H and O–H groups in total. The van der Waals surface area contributed by atoms with Crippen LogP contribution in [0.1, 0.15) is 36.8 Å². The van der Waals surface area contributed by atoms with Gasteiger partial charge in [-0.15, -0.1) is 0 Å². The van der Waals surface area contributed by atoms with E-state index >= 15 is 0 Å². The SMILES string of the molecule is Cc1cccc(Oc2ccccc2CNC(=O)CNC(=O)C2CCCC2)c1. The van der Waals surface area contributed by atoms with E-state index in [1.807, 2.05) is 55.5 Å². The van der Waals surface area contributed by atoms with Crippen molar-refractivity contribution < 1.29 is 14.3 Å². The topological polar surface area (TPSA) is 67.4 Å². The maximum Gasteiger partial charge on any atom is 0.239 e. The first-order valence-corrected chi connectivity index (χ1v) is 9.48. The van der Waals surface area contributed by atoms with Crippen molar-refractivity contribution >= 4 is 11.8 Å². The van der Waals surface area contributed by atoms with E-state index in [2.05, 4.69) is 10.6 Å². The zero-order chi connectivity index (χ0) is 19.1. The van der Waals surface area contributed by atoms with E-state index in [1.54, 1.807) is 0 Å². The Morgan fingerprint density at radius 3 is 2.59 bits per heavy atom. The molecule has 1 aliphatic carbocycles. The summed E-state index contributed by atoms with van der Waals surface area (Å²) in [5, 5.41) is 5.59. The minimum Gasteiger partial charge on any atom is -0.457 e. The van der Waals surface area contributed by atoms with Gasteiger partial charge in [0.2, 0.25) is 11.8 Å². The van der Waals surface area contributed by atoms with E-state index in [0.29, 0.717) is 12.3 Å². The molecule has 1 saturated carbocycles. The second-order valence-corrected chi connectivity index (χ2v) is 7.00. The summed E-state index contributed by atoms with van der Waals surface area (Å²) < 4.78 is 5.97. The molecule has 0 heterocycles. The first-order chi connectivity index (χ1) is 13.1. The molecule has 27 heavy (non-hydrogen) atoms. The van der Waals surface area contributed by atoms with Crippen LogP contribution in [0.2, 0.25) is 0 Å². The molecule has 5 nitrogen and oxygen atoms in total. The Morgan fingerprint density at radius 1 is 1.04 bits per heavy atom. The van der Waals surface area contributed by atoms with Gasteiger partial charge in [-0.1, -0.05) is 43.2 Å². The number of amides is 2. The van der Waals surface area contributed by atoms with Crippen LogP contribution in [0.4, 0.5) is 0 Å². The molecule has 0 aliphatic heterocycles. The number of ether oxygens (including phenoxy) is 1. The van der Waals surface area contributed by atoms with Gasteiger partial charge in [0.25, 0.3) is 0 Å². The molecule has 0 aromatic heterocycles. The Balaban J connectivity index is 1.51. The van der Waals surface area contributed by atoms with Gasteiger partial charge in [0.05, 0.1) is 6.54 Å². The smallest absolute Gasteiger partial charge is 0.239 e. The highest BCUT2D eigenvalue weighted by Crippen LogP contribution is 2.26. The van der Waals surface area contributed by atoms with E-state index < -0.39 is 0 Å². The highest BCUT2D eigenvalue weighted by atomic mass is 16.5. The number of aryl methyl sites for hydroxylation is 1. The van der Waals surface area contributed by atoms with Gasteiger partial charge in [0, 0.05) is 18.0 Å². The summed E-state index contributed by atoms with van der Waals surface area (Å²) in [5.74, 6) is 1.33. The van der Waals surface area contributed by atoms with E-state index in [4.69, 9.17) is 4.74 Å². The summed E-state index contributed by atoms with van der Waals surface area (Å²) in [6.07, 6.45) is 4.05. The molecule has 2 amide bonds. The lowest BCUT2D eigenvalue weighted by Crippen LogP contribution is -2.38. The molecule has 0 unspecified atom stereocenters. The minimum absolute atomic E-state index is 0.00849. The molecule has 2 aromatic carbocycles. The summed E-state index contributed by atoms with van der Waals surface area (Å²) in [7, 11) is 0. The maximum absolute atomic E-state index is 12.1. The van der Waals surface area contributed by atoms with Crippen molar-refractivity contribution in [2.24, 2.45) is 5.92 Å². The van der Waals surface area contributed by atoms with Crippen LogP contribution in [0, 0.1) is 12.8 Å². The number of rotatable bonds is 7. The molecule has 2 aromatic rings. The van der Waals surface area contributed by atoms with Crippen LogP contribution in [0.25, 0.3) is 0 Å². The summed E-state index contributed by atoms with van der Waals surface area (Å²) in [4.78, 5) is 24.1. The zero-order valence-corrected chi connectivity index (χ0v) is 15.7. The fraction of sp³-hybridized carbons (Fsp3) is 0.364. The summed E-state index contributed by atoms with van der Waals surface area (Å²) in [5.41, 5.74) is 2.01. The molecular weight excluding hydrogens is 340 g/mol. The average molecular weight is 366 g/mol. The number of benzene rings is 2. The second kappa shape index (κ2) is 9.21. The van der Waals surface area contributed by atoms with Crippen LogP contribution in [-0.2, 0) is 16.1 Å². The van der Waals surface area contributed by atoms with E-state index in [9.17, 15) is 9.59 Å². The zero-order valence-electron chi connectivity index (χ0n) is 15.7. The normalized spacial score (nSPS) is 14.0. The molecule has 1 fully saturated rings. The standard InChI is InChI=1S/C22H26N2O3/c1-16-7-6-11-19(13-16)27-20-12-5-4-10-18(20)14-23-21(25)15-24-22(26)17-8-2-3-9-17/h4-7,10-13,17H,2-3,8-9,14-15H2,1H3,(H,23,25)(H,24,26). The van der Waals surface area contributed by atoms with Crippen molar-refractivity contribution in [3.05, 3.63) is 59.7 Å². The first kappa shape index (κ1) is 19.0. The third kappa shape index (κ3) is 5.58. The van der Waals surface area contributed by atoms with Gasteiger partial charge in [-0.25, -0.2) is 0 Å². The van der Waals surface area contributed by atoms with Crippen LogP contribution in [-0.4, -0.2) is 18.4 Å². The predicted octanol–water partition coefficient (Wildman–Crippen LogP) is 3.71. The lowest BCUT2D eigenvalue weighted by molar-refractivity contribution is -0.128. The van der Waals surface area contributed by atoms with E-state index in [0.717, 1.165) is 42.6 Å². The lowest BCUT2D eigenvalue weighted by atomic mass is 10.1. The number of hydrogen-bond acceptors (Lipinski definition) is 3. The number of carbonyl (C=O) groups is 2. The van der Waals surface area contributed by atoms with E-state index in [-0.39, 0.29) is 24.3 Å². The van der Waals surface area contributed by atoms with Crippen molar-refractivity contribution in [2.45, 2.75) is 39.2 Å². The van der Waals surface area contributed by atoms with E-state index in [1.165, 1.54) is 0 Å². The van der Waals surface area contributed by atoms with Crippen molar-refractivity contribution in [1.29, 1.82) is 0 Å².